The first-order valence-electron chi connectivity index (χ1n) is 9.11. The highest BCUT2D eigenvalue weighted by atomic mass is 16.9. The quantitative estimate of drug-likeness (QED) is 0.779. The van der Waals surface area contributed by atoms with Gasteiger partial charge >= 0.3 is 0 Å². The van der Waals surface area contributed by atoms with Crippen molar-refractivity contribution in [1.29, 1.82) is 0 Å². The van der Waals surface area contributed by atoms with Crippen molar-refractivity contribution in [3.05, 3.63) is 71.8 Å². The van der Waals surface area contributed by atoms with Crippen molar-refractivity contribution in [2.75, 3.05) is 0 Å². The van der Waals surface area contributed by atoms with Crippen LogP contribution >= 0.6 is 0 Å². The molecule has 27 heavy (non-hydrogen) atoms. The lowest BCUT2D eigenvalue weighted by molar-refractivity contribution is -0.446. The second-order valence-corrected chi connectivity index (χ2v) is 6.93. The van der Waals surface area contributed by atoms with Gasteiger partial charge < -0.3 is 23.7 Å². The van der Waals surface area contributed by atoms with Gasteiger partial charge in [-0.05, 0) is 11.1 Å². The van der Waals surface area contributed by atoms with Crippen LogP contribution in [0.1, 0.15) is 11.1 Å². The van der Waals surface area contributed by atoms with Gasteiger partial charge in [0, 0.05) is 0 Å². The summed E-state index contributed by atoms with van der Waals surface area (Å²) in [6.07, 6.45) is -2.79. The van der Waals surface area contributed by atoms with E-state index in [9.17, 15) is 4.79 Å². The van der Waals surface area contributed by atoms with E-state index < -0.39 is 37.0 Å². The van der Waals surface area contributed by atoms with Gasteiger partial charge in [0.2, 0.25) is 0 Å². The van der Waals surface area contributed by atoms with E-state index in [1.165, 1.54) is 0 Å². The molecule has 0 radical (unpaired) electrons. The number of carbonyl (C=O) groups excluding carboxylic acids is 1. The van der Waals surface area contributed by atoms with Crippen molar-refractivity contribution in [3.8, 4) is 0 Å². The molecule has 4 aliphatic rings. The Kier molecular flexibility index (Phi) is 4.51. The van der Waals surface area contributed by atoms with Crippen LogP contribution in [0, 0.1) is 0 Å². The van der Waals surface area contributed by atoms with Crippen LogP contribution in [-0.2, 0) is 41.7 Å². The van der Waals surface area contributed by atoms with Crippen molar-refractivity contribution >= 4 is 5.78 Å². The Labute approximate surface area is 156 Å². The molecule has 6 rings (SSSR count). The fourth-order valence-electron chi connectivity index (χ4n) is 3.82. The van der Waals surface area contributed by atoms with E-state index in [1.54, 1.807) is 0 Å². The van der Waals surface area contributed by atoms with Gasteiger partial charge in [-0.2, -0.15) is 0 Å². The van der Waals surface area contributed by atoms with Gasteiger partial charge in [-0.15, -0.1) is 0 Å². The molecule has 6 nitrogen and oxygen atoms in total. The van der Waals surface area contributed by atoms with Crippen molar-refractivity contribution in [1.82, 2.24) is 0 Å². The summed E-state index contributed by atoms with van der Waals surface area (Å²) in [6.45, 7) is -0.0731. The van der Waals surface area contributed by atoms with Crippen LogP contribution in [0.3, 0.4) is 0 Å². The summed E-state index contributed by atoms with van der Waals surface area (Å²) in [7, 11) is 0. The van der Waals surface area contributed by atoms with E-state index in [1.807, 2.05) is 60.7 Å². The molecule has 0 N–H and O–H groups in total. The minimum absolute atomic E-state index is 0.137. The number of ketones is 1. The summed E-state index contributed by atoms with van der Waals surface area (Å²) in [5.41, 5.74) is 2.05. The molecule has 0 amide bonds. The lowest BCUT2D eigenvalue weighted by Gasteiger charge is -2.54. The number of hydrogen-bond donors (Lipinski definition) is 0. The average molecular weight is 368 g/mol. The van der Waals surface area contributed by atoms with Gasteiger partial charge in [-0.1, -0.05) is 60.7 Å². The molecule has 0 aromatic heterocycles. The number of benzene rings is 2. The third-order valence-corrected chi connectivity index (χ3v) is 5.16. The minimum Gasteiger partial charge on any atom is -0.368 e. The number of rotatable bonds is 6. The van der Waals surface area contributed by atoms with Crippen LogP contribution in [0.25, 0.3) is 0 Å². The zero-order chi connectivity index (χ0) is 18.2. The maximum absolute atomic E-state index is 12.8. The second kappa shape index (κ2) is 7.14. The smallest absolute Gasteiger partial charge is 0.273 e. The summed E-state index contributed by atoms with van der Waals surface area (Å²) >= 11 is 0. The number of ether oxygens (including phenoxy) is 5. The molecule has 2 aromatic rings. The zero-order valence-corrected chi connectivity index (χ0v) is 14.6. The Morgan fingerprint density at radius 2 is 1.19 bits per heavy atom. The lowest BCUT2D eigenvalue weighted by Crippen LogP contribution is -2.74. The molecule has 4 fully saturated rings. The molecule has 4 atom stereocenters. The Balaban J connectivity index is 1.32. The summed E-state index contributed by atoms with van der Waals surface area (Å²) in [6, 6.07) is 19.6. The highest BCUT2D eigenvalue weighted by Gasteiger charge is 2.62. The van der Waals surface area contributed by atoms with Crippen molar-refractivity contribution in [3.63, 3.8) is 0 Å². The van der Waals surface area contributed by atoms with Gasteiger partial charge in [0.25, 0.3) is 6.48 Å². The minimum atomic E-state index is -0.823. The molecule has 2 aromatic carbocycles. The van der Waals surface area contributed by atoms with Gasteiger partial charge in [0.1, 0.15) is 18.3 Å². The Morgan fingerprint density at radius 3 is 1.67 bits per heavy atom. The molecular formula is C21H20O6. The first-order valence-corrected chi connectivity index (χ1v) is 9.11. The number of Topliss-reactive ketones (excluding diaryl/α,β-unsaturated/α-hetero) is 1. The maximum atomic E-state index is 12.8. The molecule has 1 aliphatic carbocycles. The largest absolute Gasteiger partial charge is 0.368 e. The Hall–Kier alpha value is -2.09. The lowest BCUT2D eigenvalue weighted by atomic mass is 9.83. The molecule has 3 saturated heterocycles. The van der Waals surface area contributed by atoms with E-state index in [0.29, 0.717) is 13.2 Å². The summed E-state index contributed by atoms with van der Waals surface area (Å²) in [4.78, 5) is 12.8. The molecule has 0 spiro atoms. The second-order valence-electron chi connectivity index (χ2n) is 6.93. The fourth-order valence-corrected chi connectivity index (χ4v) is 3.82. The van der Waals surface area contributed by atoms with Crippen molar-refractivity contribution in [2.45, 2.75) is 50.2 Å². The first-order chi connectivity index (χ1) is 13.3. The molecule has 6 heteroatoms. The topological polar surface area (TPSA) is 63.2 Å². The zero-order valence-electron chi connectivity index (χ0n) is 14.6. The van der Waals surface area contributed by atoms with Gasteiger partial charge in [-0.3, -0.25) is 4.79 Å². The molecule has 140 valence electrons. The predicted octanol–water partition coefficient (Wildman–Crippen LogP) is 2.21. The van der Waals surface area contributed by atoms with Gasteiger partial charge in [0.05, 0.1) is 13.2 Å². The van der Waals surface area contributed by atoms with E-state index >= 15 is 0 Å². The maximum Gasteiger partial charge on any atom is 0.273 e. The molecule has 3 heterocycles. The molecule has 4 unspecified atom stereocenters. The number of hydrogen-bond acceptors (Lipinski definition) is 6. The normalized spacial score (nSPS) is 34.1. The average Bonchev–Trinajstić information content (AvgIpc) is 2.72. The van der Waals surface area contributed by atoms with Gasteiger partial charge in [-0.25, -0.2) is 0 Å². The van der Waals surface area contributed by atoms with Crippen molar-refractivity contribution in [2.24, 2.45) is 0 Å². The number of carbonyl (C=O) groups is 1. The van der Waals surface area contributed by atoms with E-state index in [0.717, 1.165) is 11.1 Å². The summed E-state index contributed by atoms with van der Waals surface area (Å²) < 4.78 is 29.1. The van der Waals surface area contributed by atoms with Crippen LogP contribution < -0.4 is 0 Å². The Morgan fingerprint density at radius 1 is 0.704 bits per heavy atom. The molecule has 1 saturated carbocycles. The van der Waals surface area contributed by atoms with Crippen LogP contribution in [0.2, 0.25) is 0 Å². The first kappa shape index (κ1) is 17.0. The SMILES string of the molecule is O=C1C2OC3OC1C(OCc1ccccc1)C(O3)C2OCc1ccccc1. The van der Waals surface area contributed by atoms with E-state index in [-0.39, 0.29) is 5.78 Å². The Bertz CT molecular complexity index is 731. The van der Waals surface area contributed by atoms with Crippen LogP contribution in [0.4, 0.5) is 0 Å². The highest BCUT2D eigenvalue weighted by molar-refractivity contribution is 5.90. The molecule has 4 bridgehead atoms. The van der Waals surface area contributed by atoms with Crippen LogP contribution in [0.15, 0.2) is 60.7 Å². The highest BCUT2D eigenvalue weighted by Crippen LogP contribution is 2.40. The monoisotopic (exact) mass is 368 g/mol. The fraction of sp³-hybridized carbons (Fsp3) is 0.381. The third kappa shape index (κ3) is 3.20. The standard InChI is InChI=1S/C21H20O6/c22-15-16-18(23-11-13-7-3-1-4-8-13)20-19(17(15)26-21(25-16)27-20)24-12-14-9-5-2-6-10-14/h1-10,16-21H,11-12H2. The van der Waals surface area contributed by atoms with E-state index in [2.05, 4.69) is 0 Å². The molecular weight excluding hydrogens is 348 g/mol. The van der Waals surface area contributed by atoms with Crippen LogP contribution in [0.5, 0.6) is 0 Å². The van der Waals surface area contributed by atoms with E-state index in [4.69, 9.17) is 23.7 Å². The summed E-state index contributed by atoms with van der Waals surface area (Å²) in [5.74, 6) is -0.137. The third-order valence-electron chi connectivity index (χ3n) is 5.16. The summed E-state index contributed by atoms with van der Waals surface area (Å²) in [5, 5.41) is 0. The van der Waals surface area contributed by atoms with Crippen LogP contribution in [-0.4, -0.2) is 42.8 Å². The predicted molar refractivity (Wildman–Crippen MR) is 93.5 cm³/mol. The van der Waals surface area contributed by atoms with Gasteiger partial charge in [0.15, 0.2) is 18.0 Å². The molecule has 3 aliphatic heterocycles. The van der Waals surface area contributed by atoms with Crippen molar-refractivity contribution < 1.29 is 28.5 Å².